The highest BCUT2D eigenvalue weighted by Crippen LogP contribution is 2.40. The predicted molar refractivity (Wildman–Crippen MR) is 171 cm³/mol. The molecule has 8 bridgehead atoms. The summed E-state index contributed by atoms with van der Waals surface area (Å²) in [6, 6.07) is 6.71. The number of allylic oxidation sites excluding steroid dienone is 4. The van der Waals surface area contributed by atoms with Crippen LogP contribution < -0.4 is 0 Å². The molecule has 0 aliphatic carbocycles. The molecular weight excluding hydrogens is 492 g/mol. The Morgan fingerprint density at radius 3 is 1.77 bits per heavy atom. The van der Waals surface area contributed by atoms with E-state index in [4.69, 9.17) is 9.97 Å². The minimum absolute atomic E-state index is 0.0336. The number of aliphatic hydroxyl groups is 1. The van der Waals surface area contributed by atoms with Gasteiger partial charge >= 0.3 is 0 Å². The third kappa shape index (κ3) is 4.46. The first-order chi connectivity index (χ1) is 19.3. The van der Waals surface area contributed by atoms with Gasteiger partial charge in [0.1, 0.15) is 0 Å². The van der Waals surface area contributed by atoms with Crippen molar-refractivity contribution in [3.8, 4) is 0 Å². The van der Waals surface area contributed by atoms with Crippen molar-refractivity contribution in [1.29, 1.82) is 0 Å². The molecule has 5 heteroatoms. The number of hydrogen-bond acceptors (Lipinski definition) is 3. The maximum atomic E-state index is 9.74. The molecule has 5 heterocycles. The Morgan fingerprint density at radius 2 is 1.20 bits per heavy atom. The van der Waals surface area contributed by atoms with Crippen LogP contribution in [0.25, 0.3) is 50.4 Å². The fourth-order valence-corrected chi connectivity index (χ4v) is 6.50. The van der Waals surface area contributed by atoms with E-state index in [0.717, 1.165) is 76.1 Å². The van der Waals surface area contributed by atoms with E-state index < -0.39 is 0 Å². The largest absolute Gasteiger partial charge is 0.392 e. The van der Waals surface area contributed by atoms with Crippen LogP contribution in [0.1, 0.15) is 105 Å². The molecule has 0 fully saturated rings. The molecular formula is C35H42N4O. The molecule has 0 amide bonds. The monoisotopic (exact) mass is 534 g/mol. The zero-order valence-corrected chi connectivity index (χ0v) is 25.3. The Morgan fingerprint density at radius 1 is 0.650 bits per heavy atom. The Bertz CT molecular complexity index is 1760. The van der Waals surface area contributed by atoms with Gasteiger partial charge in [-0.1, -0.05) is 39.8 Å². The summed E-state index contributed by atoms with van der Waals surface area (Å²) in [6.07, 6.45) is 7.44. The number of H-pyrrole nitrogens is 2. The van der Waals surface area contributed by atoms with E-state index in [-0.39, 0.29) is 6.61 Å². The summed E-state index contributed by atoms with van der Waals surface area (Å²) >= 11 is 0. The van der Waals surface area contributed by atoms with Crippen molar-refractivity contribution in [3.63, 3.8) is 0 Å². The second-order valence-corrected chi connectivity index (χ2v) is 10.9. The van der Waals surface area contributed by atoms with Crippen molar-refractivity contribution in [2.75, 3.05) is 6.61 Å². The van der Waals surface area contributed by atoms with Gasteiger partial charge in [0.05, 0.1) is 29.4 Å². The standard InChI is InChI=1S/C35H42N4O/c1-9-23-20(6)29-17-33-25(11-3)22(8)34(39-33)27(14-13-15-40)35-26(12-4)21(7)30(38-35)18-32-24(10-2)19(5)28(36-32)16-31(23)37-29/h13-14,16-18,36-37,40H,9-12,15H2,1-8H3/b14-13+,28-16?,29-17?,30-18?,31-16?,32-18?,33-17?,34-27?,35-27?. The second kappa shape index (κ2) is 11.1. The van der Waals surface area contributed by atoms with Gasteiger partial charge in [0.2, 0.25) is 0 Å². The molecule has 0 saturated carbocycles. The molecule has 0 unspecified atom stereocenters. The fourth-order valence-electron chi connectivity index (χ4n) is 6.50. The zero-order chi connectivity index (χ0) is 28.7. The molecule has 3 aromatic heterocycles. The Labute approximate surface area is 237 Å². The summed E-state index contributed by atoms with van der Waals surface area (Å²) in [5.74, 6) is 0. The van der Waals surface area contributed by atoms with Crippen molar-refractivity contribution in [1.82, 2.24) is 19.9 Å². The van der Waals surface area contributed by atoms with Crippen LogP contribution in [0.15, 0.2) is 24.3 Å². The van der Waals surface area contributed by atoms with Gasteiger partial charge in [-0.15, -0.1) is 0 Å². The van der Waals surface area contributed by atoms with Crippen LogP contribution in [0, 0.1) is 13.8 Å². The van der Waals surface area contributed by atoms with Crippen LogP contribution in [-0.4, -0.2) is 31.6 Å². The highest BCUT2D eigenvalue weighted by molar-refractivity contribution is 5.99. The highest BCUT2D eigenvalue weighted by atomic mass is 16.2. The lowest BCUT2D eigenvalue weighted by molar-refractivity contribution is 0.343. The molecule has 40 heavy (non-hydrogen) atoms. The molecule has 0 saturated heterocycles. The van der Waals surface area contributed by atoms with E-state index in [1.165, 1.54) is 44.5 Å². The van der Waals surface area contributed by atoms with Gasteiger partial charge in [-0.2, -0.15) is 0 Å². The number of aliphatic hydroxyl groups excluding tert-OH is 1. The van der Waals surface area contributed by atoms with E-state index in [1.54, 1.807) is 6.08 Å². The van der Waals surface area contributed by atoms with Crippen LogP contribution >= 0.6 is 0 Å². The van der Waals surface area contributed by atoms with Gasteiger partial charge in [-0.05, 0) is 116 Å². The number of fused-ring (bicyclic) bond motifs is 8. The number of aromatic amines is 2. The molecule has 5 rings (SSSR count). The Balaban J connectivity index is 2.06. The topological polar surface area (TPSA) is 77.6 Å². The van der Waals surface area contributed by atoms with Gasteiger partial charge in [0, 0.05) is 27.6 Å². The summed E-state index contributed by atoms with van der Waals surface area (Å²) in [5.41, 5.74) is 19.4. The molecule has 0 atom stereocenters. The number of rotatable bonds is 6. The molecule has 0 aromatic carbocycles. The molecule has 0 radical (unpaired) electrons. The van der Waals surface area contributed by atoms with Crippen LogP contribution in [0.2, 0.25) is 0 Å². The van der Waals surface area contributed by atoms with Gasteiger partial charge in [-0.3, -0.25) is 0 Å². The summed E-state index contributed by atoms with van der Waals surface area (Å²) in [7, 11) is 0. The SMILES string of the molecule is CCC1=C(C)c2nc1cc1[nH]c(cc3[nH]c(cc4nc(c2/C=C/CO)C(CC)=C4C)c(CC)c3C)c(CC)c1C. The van der Waals surface area contributed by atoms with E-state index in [0.29, 0.717) is 0 Å². The second-order valence-electron chi connectivity index (χ2n) is 10.9. The van der Waals surface area contributed by atoms with Crippen LogP contribution in [0.3, 0.4) is 0 Å². The molecule has 0 spiro atoms. The number of nitrogens with one attached hydrogen (secondary N) is 2. The van der Waals surface area contributed by atoms with E-state index in [1.807, 2.05) is 6.08 Å². The molecule has 3 aromatic rings. The molecule has 2 aliphatic rings. The van der Waals surface area contributed by atoms with Crippen molar-refractivity contribution in [2.45, 2.75) is 81.1 Å². The van der Waals surface area contributed by atoms with E-state index >= 15 is 0 Å². The number of aromatic nitrogens is 4. The molecule has 208 valence electrons. The average molecular weight is 535 g/mol. The highest BCUT2D eigenvalue weighted by Gasteiger charge is 2.24. The van der Waals surface area contributed by atoms with Gasteiger partial charge in [-0.25, -0.2) is 9.97 Å². The first kappa shape index (κ1) is 27.9. The van der Waals surface area contributed by atoms with Gasteiger partial charge < -0.3 is 15.1 Å². The summed E-state index contributed by atoms with van der Waals surface area (Å²) in [5, 5.41) is 9.74. The molecule has 2 aliphatic heterocycles. The Hall–Kier alpha value is -3.70. The Kier molecular flexibility index (Phi) is 7.70. The van der Waals surface area contributed by atoms with Crippen LogP contribution in [0.5, 0.6) is 0 Å². The van der Waals surface area contributed by atoms with Crippen molar-refractivity contribution < 1.29 is 5.11 Å². The normalized spacial score (nSPS) is 13.8. The lowest BCUT2D eigenvalue weighted by Gasteiger charge is -2.07. The minimum Gasteiger partial charge on any atom is -0.392 e. The third-order valence-electron chi connectivity index (χ3n) is 8.77. The smallest absolute Gasteiger partial charge is 0.0766 e. The van der Waals surface area contributed by atoms with Gasteiger partial charge in [0.25, 0.3) is 0 Å². The first-order valence-electron chi connectivity index (χ1n) is 14.7. The maximum Gasteiger partial charge on any atom is 0.0766 e. The van der Waals surface area contributed by atoms with Crippen molar-refractivity contribution in [2.24, 2.45) is 0 Å². The van der Waals surface area contributed by atoms with E-state index in [9.17, 15) is 5.11 Å². The zero-order valence-electron chi connectivity index (χ0n) is 25.3. The van der Waals surface area contributed by atoms with Gasteiger partial charge in [0.15, 0.2) is 0 Å². The first-order valence-corrected chi connectivity index (χ1v) is 14.7. The predicted octanol–water partition coefficient (Wildman–Crippen LogP) is 8.74. The number of hydrogen-bond donors (Lipinski definition) is 3. The molecule has 5 nitrogen and oxygen atoms in total. The summed E-state index contributed by atoms with van der Waals surface area (Å²) in [4.78, 5) is 18.0. The van der Waals surface area contributed by atoms with Crippen molar-refractivity contribution >= 4 is 50.4 Å². The average Bonchev–Trinajstić information content (AvgIpc) is 3.61. The van der Waals surface area contributed by atoms with Crippen LogP contribution in [-0.2, 0) is 12.8 Å². The van der Waals surface area contributed by atoms with E-state index in [2.05, 4.69) is 83.6 Å². The lowest BCUT2D eigenvalue weighted by Crippen LogP contribution is -1.93. The third-order valence-corrected chi connectivity index (χ3v) is 8.77. The summed E-state index contributed by atoms with van der Waals surface area (Å²) < 4.78 is 0. The fraction of sp³-hybridized carbons (Fsp3) is 0.371. The maximum absolute atomic E-state index is 9.74. The van der Waals surface area contributed by atoms with Crippen molar-refractivity contribution in [3.05, 3.63) is 74.9 Å². The van der Waals surface area contributed by atoms with Crippen LogP contribution in [0.4, 0.5) is 0 Å². The quantitative estimate of drug-likeness (QED) is 0.296. The summed E-state index contributed by atoms with van der Waals surface area (Å²) in [6.45, 7) is 17.6. The minimum atomic E-state index is -0.0336. The molecule has 3 N–H and O–H groups in total. The number of nitrogens with zero attached hydrogens (tertiary/aromatic N) is 2. The lowest BCUT2D eigenvalue weighted by atomic mass is 9.96. The number of aryl methyl sites for hydroxylation is 4.